The van der Waals surface area contributed by atoms with Crippen LogP contribution < -0.4 is 5.73 Å². The lowest BCUT2D eigenvalue weighted by atomic mass is 10.0. The lowest BCUT2D eigenvalue weighted by Crippen LogP contribution is -2.47. The molecule has 11 heavy (non-hydrogen) atoms. The van der Waals surface area contributed by atoms with Crippen LogP contribution in [0.5, 0.6) is 0 Å². The summed E-state index contributed by atoms with van der Waals surface area (Å²) in [6.07, 6.45) is 1.82. The molecule has 3 nitrogen and oxygen atoms in total. The molecule has 64 valence electrons. The summed E-state index contributed by atoms with van der Waals surface area (Å²) in [7, 11) is 0. The minimum atomic E-state index is -0.538. The molecule has 0 fully saturated rings. The van der Waals surface area contributed by atoms with Gasteiger partial charge < -0.3 is 16.0 Å². The van der Waals surface area contributed by atoms with Crippen LogP contribution in [-0.2, 0) is 0 Å². The number of rotatable bonds is 0. The van der Waals surface area contributed by atoms with Gasteiger partial charge in [-0.25, -0.2) is 0 Å². The summed E-state index contributed by atoms with van der Waals surface area (Å²) in [6, 6.07) is 0. The summed E-state index contributed by atoms with van der Waals surface area (Å²) in [6.45, 7) is 7.39. The Kier molecular flexibility index (Phi) is 1.55. The molecule has 0 aliphatic carbocycles. The summed E-state index contributed by atoms with van der Waals surface area (Å²) in [5, 5.41) is 12.6. The lowest BCUT2D eigenvalue weighted by Gasteiger charge is -2.47. The summed E-state index contributed by atoms with van der Waals surface area (Å²) in [5.74, 6) is 0. The fraction of sp³-hybridized carbons (Fsp3) is 0.750. The van der Waals surface area contributed by atoms with E-state index < -0.39 is 11.1 Å². The Bertz CT molecular complexity index is 206. The van der Waals surface area contributed by atoms with Crippen LogP contribution >= 0.6 is 0 Å². The Hall–Kier alpha value is -0.540. The van der Waals surface area contributed by atoms with E-state index in [1.807, 2.05) is 33.8 Å². The van der Waals surface area contributed by atoms with Gasteiger partial charge in [0.15, 0.2) is 0 Å². The normalized spacial score (nSPS) is 28.6. The van der Waals surface area contributed by atoms with Gasteiger partial charge in [0.25, 0.3) is 0 Å². The third kappa shape index (κ3) is 1.04. The quantitative estimate of drug-likeness (QED) is 0.572. The highest BCUT2D eigenvalue weighted by Crippen LogP contribution is 2.36. The molecular weight excluding hydrogens is 140 g/mol. The Labute approximate surface area is 67.4 Å². The van der Waals surface area contributed by atoms with Crippen LogP contribution in [0, 0.1) is 5.21 Å². The highest BCUT2D eigenvalue weighted by atomic mass is 16.5. The van der Waals surface area contributed by atoms with Crippen molar-refractivity contribution in [1.82, 2.24) is 5.06 Å². The molecule has 2 N–H and O–H groups in total. The molecule has 0 saturated heterocycles. The van der Waals surface area contributed by atoms with E-state index in [4.69, 9.17) is 5.73 Å². The van der Waals surface area contributed by atoms with E-state index >= 15 is 0 Å². The SMILES string of the molecule is CC1(C)C=C(N)C(C)(C)N1[O-]. The number of nitrogens with zero attached hydrogens (tertiary/aromatic N) is 1. The highest BCUT2D eigenvalue weighted by Gasteiger charge is 2.38. The topological polar surface area (TPSA) is 52.3 Å². The average Bonchev–Trinajstić information content (AvgIpc) is 1.94. The van der Waals surface area contributed by atoms with Crippen molar-refractivity contribution >= 4 is 0 Å². The number of hydrogen-bond donors (Lipinski definition) is 1. The summed E-state index contributed by atoms with van der Waals surface area (Å²) < 4.78 is 0. The van der Waals surface area contributed by atoms with E-state index in [0.717, 1.165) is 5.06 Å². The van der Waals surface area contributed by atoms with Gasteiger partial charge in [-0.1, -0.05) is 0 Å². The first-order valence-electron chi connectivity index (χ1n) is 3.75. The van der Waals surface area contributed by atoms with Crippen molar-refractivity contribution in [2.75, 3.05) is 0 Å². The first kappa shape index (κ1) is 8.56. The van der Waals surface area contributed by atoms with Gasteiger partial charge in [-0.2, -0.15) is 0 Å². The van der Waals surface area contributed by atoms with Gasteiger partial charge in [0, 0.05) is 16.8 Å². The van der Waals surface area contributed by atoms with Crippen molar-refractivity contribution in [2.24, 2.45) is 5.73 Å². The number of hydrogen-bond acceptors (Lipinski definition) is 3. The fourth-order valence-corrected chi connectivity index (χ4v) is 1.45. The van der Waals surface area contributed by atoms with Gasteiger partial charge in [-0.05, 0) is 33.8 Å². The Balaban J connectivity index is 3.04. The van der Waals surface area contributed by atoms with Gasteiger partial charge in [0.2, 0.25) is 0 Å². The fourth-order valence-electron chi connectivity index (χ4n) is 1.45. The third-order valence-electron chi connectivity index (χ3n) is 2.25. The standard InChI is InChI=1S/C8H15N2O/c1-7(2)5-6(9)8(3,4)10(7)11/h5H,9H2,1-4H3/q-1. The molecule has 0 aromatic heterocycles. The van der Waals surface area contributed by atoms with Crippen LogP contribution in [0.15, 0.2) is 11.8 Å². The van der Waals surface area contributed by atoms with Crippen LogP contribution in [0.3, 0.4) is 0 Å². The van der Waals surface area contributed by atoms with Crippen molar-refractivity contribution in [3.05, 3.63) is 17.0 Å². The zero-order valence-corrected chi connectivity index (χ0v) is 7.51. The van der Waals surface area contributed by atoms with Gasteiger partial charge >= 0.3 is 0 Å². The van der Waals surface area contributed by atoms with Crippen molar-refractivity contribution in [2.45, 2.75) is 38.8 Å². The maximum absolute atomic E-state index is 11.5. The van der Waals surface area contributed by atoms with E-state index in [1.165, 1.54) is 0 Å². The summed E-state index contributed by atoms with van der Waals surface area (Å²) in [5.41, 5.74) is 5.37. The molecule has 1 aliphatic rings. The Morgan fingerprint density at radius 2 is 1.82 bits per heavy atom. The molecule has 1 aliphatic heterocycles. The Morgan fingerprint density at radius 1 is 1.36 bits per heavy atom. The monoisotopic (exact) mass is 155 g/mol. The molecule has 0 radical (unpaired) electrons. The van der Waals surface area contributed by atoms with Crippen LogP contribution in [0.25, 0.3) is 0 Å². The van der Waals surface area contributed by atoms with Gasteiger partial charge in [-0.3, -0.25) is 0 Å². The highest BCUT2D eigenvalue weighted by molar-refractivity contribution is 5.28. The first-order chi connectivity index (χ1) is 4.78. The first-order valence-corrected chi connectivity index (χ1v) is 3.75. The molecule has 1 rings (SSSR count). The second kappa shape index (κ2) is 1.99. The van der Waals surface area contributed by atoms with Gasteiger partial charge in [0.05, 0.1) is 0 Å². The van der Waals surface area contributed by atoms with Crippen LogP contribution in [-0.4, -0.2) is 16.1 Å². The third-order valence-corrected chi connectivity index (χ3v) is 2.25. The molecule has 0 atom stereocenters. The molecular formula is C8H15N2O-. The van der Waals surface area contributed by atoms with Gasteiger partial charge in [0.1, 0.15) is 0 Å². The molecule has 0 saturated carbocycles. The molecule has 0 spiro atoms. The maximum atomic E-state index is 11.5. The number of nitrogens with two attached hydrogens (primary N) is 1. The molecule has 0 aromatic rings. The smallest absolute Gasteiger partial charge is 0.0439 e. The van der Waals surface area contributed by atoms with Crippen molar-refractivity contribution in [3.8, 4) is 0 Å². The van der Waals surface area contributed by atoms with Crippen LogP contribution in [0.2, 0.25) is 0 Å². The molecule has 0 bridgehead atoms. The predicted octanol–water partition coefficient (Wildman–Crippen LogP) is 1.20. The summed E-state index contributed by atoms with van der Waals surface area (Å²) >= 11 is 0. The van der Waals surface area contributed by atoms with Crippen molar-refractivity contribution in [3.63, 3.8) is 0 Å². The average molecular weight is 155 g/mol. The second-order valence-corrected chi connectivity index (χ2v) is 4.11. The van der Waals surface area contributed by atoms with E-state index in [9.17, 15) is 5.21 Å². The van der Waals surface area contributed by atoms with Crippen molar-refractivity contribution < 1.29 is 0 Å². The molecule has 0 unspecified atom stereocenters. The minimum Gasteiger partial charge on any atom is -0.784 e. The zero-order valence-electron chi connectivity index (χ0n) is 7.51. The zero-order chi connectivity index (χ0) is 8.86. The molecule has 0 aromatic carbocycles. The summed E-state index contributed by atoms with van der Waals surface area (Å²) in [4.78, 5) is 0. The van der Waals surface area contributed by atoms with Crippen molar-refractivity contribution in [1.29, 1.82) is 0 Å². The molecule has 3 heteroatoms. The van der Waals surface area contributed by atoms with Crippen LogP contribution in [0.1, 0.15) is 27.7 Å². The predicted molar refractivity (Wildman–Crippen MR) is 45.6 cm³/mol. The van der Waals surface area contributed by atoms with E-state index in [2.05, 4.69) is 0 Å². The second-order valence-electron chi connectivity index (χ2n) is 4.11. The number of hydroxylamine groups is 2. The van der Waals surface area contributed by atoms with E-state index in [0.29, 0.717) is 5.70 Å². The maximum Gasteiger partial charge on any atom is 0.0439 e. The Morgan fingerprint density at radius 3 is 1.91 bits per heavy atom. The molecule has 1 heterocycles. The van der Waals surface area contributed by atoms with Gasteiger partial charge in [-0.15, -0.1) is 0 Å². The van der Waals surface area contributed by atoms with Crippen LogP contribution in [0.4, 0.5) is 0 Å². The molecule has 0 amide bonds. The lowest BCUT2D eigenvalue weighted by molar-refractivity contribution is 0.158. The van der Waals surface area contributed by atoms with E-state index in [1.54, 1.807) is 0 Å². The minimum absolute atomic E-state index is 0.451. The van der Waals surface area contributed by atoms with E-state index in [-0.39, 0.29) is 0 Å². The largest absolute Gasteiger partial charge is 0.784 e.